The van der Waals surface area contributed by atoms with E-state index in [1.54, 1.807) is 37.3 Å². The molecule has 0 spiro atoms. The molecule has 2 aromatic carbocycles. The van der Waals surface area contributed by atoms with Crippen molar-refractivity contribution in [3.8, 4) is 5.75 Å². The number of carbonyl (C=O) groups excluding carboxylic acids is 1. The Morgan fingerprint density at radius 2 is 2.09 bits per heavy atom. The van der Waals surface area contributed by atoms with Gasteiger partial charge in [-0.2, -0.15) is 0 Å². The van der Waals surface area contributed by atoms with Crippen LogP contribution in [0.2, 0.25) is 5.02 Å². The first-order valence-electron chi connectivity index (χ1n) is 6.73. The first-order chi connectivity index (χ1) is 10.5. The molecular weight excluding hydrogens is 305 g/mol. The molecule has 3 nitrogen and oxygen atoms in total. The van der Waals surface area contributed by atoms with Gasteiger partial charge < -0.3 is 10.1 Å². The van der Waals surface area contributed by atoms with Crippen LogP contribution in [0.25, 0.3) is 6.08 Å². The smallest absolute Gasteiger partial charge is 0.255 e. The van der Waals surface area contributed by atoms with Gasteiger partial charge in [-0.1, -0.05) is 17.7 Å². The minimum atomic E-state index is -0.396. The number of benzene rings is 2. The molecule has 0 aliphatic carbocycles. The van der Waals surface area contributed by atoms with Crippen molar-refractivity contribution in [3.63, 3.8) is 0 Å². The first kappa shape index (κ1) is 14.6. The van der Waals surface area contributed by atoms with Gasteiger partial charge in [-0.3, -0.25) is 4.79 Å². The molecule has 2 aromatic rings. The molecule has 112 valence electrons. The highest BCUT2D eigenvalue weighted by Gasteiger charge is 2.18. The molecule has 1 N–H and O–H groups in total. The number of amides is 1. The van der Waals surface area contributed by atoms with Gasteiger partial charge in [0.1, 0.15) is 18.2 Å². The van der Waals surface area contributed by atoms with Crippen molar-refractivity contribution in [1.82, 2.24) is 0 Å². The molecule has 0 bridgehead atoms. The molecule has 0 atom stereocenters. The zero-order valence-corrected chi connectivity index (χ0v) is 12.6. The molecule has 1 amide bonds. The van der Waals surface area contributed by atoms with Crippen molar-refractivity contribution in [3.05, 3.63) is 63.9 Å². The number of ether oxygens (including phenoxy) is 1. The average molecular weight is 318 g/mol. The van der Waals surface area contributed by atoms with E-state index < -0.39 is 5.82 Å². The van der Waals surface area contributed by atoms with Crippen molar-refractivity contribution >= 4 is 29.3 Å². The lowest BCUT2D eigenvalue weighted by Crippen LogP contribution is -2.21. The maximum Gasteiger partial charge on any atom is 0.255 e. The van der Waals surface area contributed by atoms with E-state index in [2.05, 4.69) is 5.32 Å². The minimum Gasteiger partial charge on any atom is -0.488 e. The summed E-state index contributed by atoms with van der Waals surface area (Å²) in [6.45, 7) is 1.96. The van der Waals surface area contributed by atoms with E-state index >= 15 is 0 Å². The lowest BCUT2D eigenvalue weighted by molar-refractivity contribution is -0.113. The highest BCUT2D eigenvalue weighted by molar-refractivity contribution is 6.30. The molecular formula is C17H13ClFNO2. The predicted octanol–water partition coefficient (Wildman–Crippen LogP) is 4.20. The number of nitrogens with one attached hydrogen (secondary N) is 1. The number of carbonyl (C=O) groups is 1. The van der Waals surface area contributed by atoms with E-state index in [1.165, 1.54) is 12.1 Å². The summed E-state index contributed by atoms with van der Waals surface area (Å²) < 4.78 is 18.8. The van der Waals surface area contributed by atoms with Crippen LogP contribution in [0.1, 0.15) is 11.1 Å². The number of aryl methyl sites for hydroxylation is 1. The van der Waals surface area contributed by atoms with Crippen molar-refractivity contribution in [2.24, 2.45) is 0 Å². The van der Waals surface area contributed by atoms with Crippen LogP contribution in [0.15, 0.2) is 42.0 Å². The van der Waals surface area contributed by atoms with Gasteiger partial charge in [0.2, 0.25) is 0 Å². The van der Waals surface area contributed by atoms with Gasteiger partial charge in [-0.15, -0.1) is 0 Å². The molecule has 0 unspecified atom stereocenters. The highest BCUT2D eigenvalue weighted by Crippen LogP contribution is 2.29. The number of fused-ring (bicyclic) bond motifs is 1. The van der Waals surface area contributed by atoms with Crippen LogP contribution >= 0.6 is 11.6 Å². The maximum atomic E-state index is 13.3. The fraction of sp³-hybridized carbons (Fsp3) is 0.118. The zero-order valence-electron chi connectivity index (χ0n) is 11.8. The minimum absolute atomic E-state index is 0.162. The fourth-order valence-electron chi connectivity index (χ4n) is 2.21. The Morgan fingerprint density at radius 1 is 1.27 bits per heavy atom. The van der Waals surface area contributed by atoms with Gasteiger partial charge in [0.25, 0.3) is 5.91 Å². The normalized spacial score (nSPS) is 13.0. The van der Waals surface area contributed by atoms with Crippen molar-refractivity contribution in [2.45, 2.75) is 6.92 Å². The second-order valence-corrected chi connectivity index (χ2v) is 5.49. The summed E-state index contributed by atoms with van der Waals surface area (Å²) in [6.07, 6.45) is 1.73. The first-order valence-corrected chi connectivity index (χ1v) is 7.11. The van der Waals surface area contributed by atoms with Crippen LogP contribution in [-0.2, 0) is 4.79 Å². The molecule has 0 saturated heterocycles. The quantitative estimate of drug-likeness (QED) is 0.901. The molecule has 0 saturated carbocycles. The van der Waals surface area contributed by atoms with Crippen LogP contribution in [0.5, 0.6) is 5.75 Å². The standard InChI is InChI=1S/C17H13ClFNO2/c1-10-2-4-14(19)8-15(10)20-17(21)12-6-11-7-13(18)3-5-16(11)22-9-12/h2-8H,9H2,1H3,(H,20,21). The van der Waals surface area contributed by atoms with Gasteiger partial charge in [0, 0.05) is 16.3 Å². The van der Waals surface area contributed by atoms with Crippen LogP contribution in [0, 0.1) is 12.7 Å². The summed E-state index contributed by atoms with van der Waals surface area (Å²) >= 11 is 5.94. The summed E-state index contributed by atoms with van der Waals surface area (Å²) in [5.74, 6) is -0.0332. The molecule has 3 rings (SSSR count). The molecule has 5 heteroatoms. The predicted molar refractivity (Wildman–Crippen MR) is 84.7 cm³/mol. The Bertz CT molecular complexity index is 786. The van der Waals surface area contributed by atoms with E-state index in [0.717, 1.165) is 11.1 Å². The van der Waals surface area contributed by atoms with Gasteiger partial charge in [0.05, 0.1) is 5.57 Å². The van der Waals surface area contributed by atoms with E-state index in [4.69, 9.17) is 16.3 Å². The van der Waals surface area contributed by atoms with E-state index in [1.807, 2.05) is 0 Å². The summed E-state index contributed by atoms with van der Waals surface area (Å²) in [6, 6.07) is 9.49. The summed E-state index contributed by atoms with van der Waals surface area (Å²) in [5, 5.41) is 3.28. The van der Waals surface area contributed by atoms with E-state index in [-0.39, 0.29) is 12.5 Å². The Balaban J connectivity index is 1.85. The molecule has 1 aliphatic rings. The molecule has 0 aromatic heterocycles. The average Bonchev–Trinajstić information content (AvgIpc) is 2.50. The Kier molecular flexibility index (Phi) is 3.86. The van der Waals surface area contributed by atoms with Gasteiger partial charge >= 0.3 is 0 Å². The molecule has 0 fully saturated rings. The molecule has 0 radical (unpaired) electrons. The second kappa shape index (κ2) is 5.81. The third-order valence-electron chi connectivity index (χ3n) is 3.42. The summed E-state index contributed by atoms with van der Waals surface area (Å²) in [4.78, 5) is 12.3. The zero-order chi connectivity index (χ0) is 15.7. The topological polar surface area (TPSA) is 38.3 Å². The van der Waals surface area contributed by atoms with Gasteiger partial charge in [0.15, 0.2) is 0 Å². The number of hydrogen-bond acceptors (Lipinski definition) is 2. The summed E-state index contributed by atoms with van der Waals surface area (Å²) in [7, 11) is 0. The monoisotopic (exact) mass is 317 g/mol. The lowest BCUT2D eigenvalue weighted by atomic mass is 10.1. The Morgan fingerprint density at radius 3 is 2.91 bits per heavy atom. The molecule has 1 aliphatic heterocycles. The fourth-order valence-corrected chi connectivity index (χ4v) is 2.39. The number of halogens is 2. The summed E-state index contributed by atoms with van der Waals surface area (Å²) in [5.41, 5.74) is 2.44. The van der Waals surface area contributed by atoms with Crippen molar-refractivity contribution in [1.29, 1.82) is 0 Å². The van der Waals surface area contributed by atoms with Crippen LogP contribution < -0.4 is 10.1 Å². The SMILES string of the molecule is Cc1ccc(F)cc1NC(=O)C1=Cc2cc(Cl)ccc2OC1. The third-order valence-corrected chi connectivity index (χ3v) is 3.66. The van der Waals surface area contributed by atoms with Gasteiger partial charge in [-0.05, 0) is 48.9 Å². The largest absolute Gasteiger partial charge is 0.488 e. The van der Waals surface area contributed by atoms with Crippen LogP contribution in [0.3, 0.4) is 0 Å². The second-order valence-electron chi connectivity index (χ2n) is 5.05. The van der Waals surface area contributed by atoms with E-state index in [9.17, 15) is 9.18 Å². The number of anilines is 1. The van der Waals surface area contributed by atoms with Gasteiger partial charge in [-0.25, -0.2) is 4.39 Å². The highest BCUT2D eigenvalue weighted by atomic mass is 35.5. The van der Waals surface area contributed by atoms with Crippen LogP contribution in [0.4, 0.5) is 10.1 Å². The molecule has 22 heavy (non-hydrogen) atoms. The van der Waals surface area contributed by atoms with Crippen molar-refractivity contribution < 1.29 is 13.9 Å². The lowest BCUT2D eigenvalue weighted by Gasteiger charge is -2.18. The number of rotatable bonds is 2. The Hall–Kier alpha value is -2.33. The number of hydrogen-bond donors (Lipinski definition) is 1. The van der Waals surface area contributed by atoms with E-state index in [0.29, 0.717) is 22.0 Å². The third kappa shape index (κ3) is 2.97. The maximum absolute atomic E-state index is 13.3. The molecule has 1 heterocycles. The Labute approximate surface area is 132 Å². The van der Waals surface area contributed by atoms with Crippen molar-refractivity contribution in [2.75, 3.05) is 11.9 Å². The van der Waals surface area contributed by atoms with Crippen LogP contribution in [-0.4, -0.2) is 12.5 Å².